The SMILES string of the molecule is CCCOC[C@@H]1CCN(c2ncncc2C(=O)O)C1. The Morgan fingerprint density at radius 3 is 3.21 bits per heavy atom. The molecule has 104 valence electrons. The van der Waals surface area contributed by atoms with Gasteiger partial charge < -0.3 is 14.7 Å². The van der Waals surface area contributed by atoms with Gasteiger partial charge in [0.15, 0.2) is 0 Å². The minimum atomic E-state index is -0.985. The fourth-order valence-electron chi connectivity index (χ4n) is 2.28. The molecule has 6 nitrogen and oxygen atoms in total. The summed E-state index contributed by atoms with van der Waals surface area (Å²) in [6.07, 6.45) is 4.77. The fourth-order valence-corrected chi connectivity index (χ4v) is 2.28. The smallest absolute Gasteiger partial charge is 0.341 e. The Balaban J connectivity index is 1.99. The monoisotopic (exact) mass is 265 g/mol. The van der Waals surface area contributed by atoms with E-state index in [4.69, 9.17) is 9.84 Å². The van der Waals surface area contributed by atoms with Gasteiger partial charge in [-0.1, -0.05) is 6.92 Å². The van der Waals surface area contributed by atoms with Crippen molar-refractivity contribution in [2.24, 2.45) is 5.92 Å². The molecule has 1 aromatic heterocycles. The number of hydrogen-bond acceptors (Lipinski definition) is 5. The Hall–Kier alpha value is -1.69. The van der Waals surface area contributed by atoms with Crippen LogP contribution < -0.4 is 4.90 Å². The minimum absolute atomic E-state index is 0.164. The number of carbonyl (C=O) groups is 1. The van der Waals surface area contributed by atoms with Gasteiger partial charge in [0.05, 0.1) is 6.61 Å². The van der Waals surface area contributed by atoms with Crippen LogP contribution in [0.4, 0.5) is 5.82 Å². The maximum Gasteiger partial charge on any atom is 0.341 e. The lowest BCUT2D eigenvalue weighted by Crippen LogP contribution is -2.24. The van der Waals surface area contributed by atoms with Crippen LogP contribution in [0.2, 0.25) is 0 Å². The normalized spacial score (nSPS) is 18.8. The number of aromatic carboxylic acids is 1. The molecule has 0 aliphatic carbocycles. The second-order valence-corrected chi connectivity index (χ2v) is 4.74. The van der Waals surface area contributed by atoms with E-state index < -0.39 is 5.97 Å². The molecule has 1 N–H and O–H groups in total. The van der Waals surface area contributed by atoms with Crippen LogP contribution in [0.3, 0.4) is 0 Å². The van der Waals surface area contributed by atoms with Crippen molar-refractivity contribution in [1.82, 2.24) is 9.97 Å². The number of hydrogen-bond donors (Lipinski definition) is 1. The number of ether oxygens (including phenoxy) is 1. The van der Waals surface area contributed by atoms with E-state index in [1.807, 2.05) is 4.90 Å². The maximum absolute atomic E-state index is 11.1. The topological polar surface area (TPSA) is 75.5 Å². The number of rotatable bonds is 6. The van der Waals surface area contributed by atoms with Gasteiger partial charge in [0.2, 0.25) is 0 Å². The largest absolute Gasteiger partial charge is 0.477 e. The summed E-state index contributed by atoms with van der Waals surface area (Å²) in [5.41, 5.74) is 0.164. The molecular weight excluding hydrogens is 246 g/mol. The van der Waals surface area contributed by atoms with Crippen molar-refractivity contribution in [1.29, 1.82) is 0 Å². The van der Waals surface area contributed by atoms with Crippen LogP contribution in [-0.4, -0.2) is 47.3 Å². The molecule has 1 atom stereocenters. The van der Waals surface area contributed by atoms with E-state index in [9.17, 15) is 4.79 Å². The van der Waals surface area contributed by atoms with E-state index in [-0.39, 0.29) is 5.56 Å². The van der Waals surface area contributed by atoms with Crippen molar-refractivity contribution in [3.8, 4) is 0 Å². The first-order valence-corrected chi connectivity index (χ1v) is 6.58. The van der Waals surface area contributed by atoms with Crippen molar-refractivity contribution in [2.45, 2.75) is 19.8 Å². The molecule has 0 radical (unpaired) electrons. The Kier molecular flexibility index (Phi) is 4.68. The van der Waals surface area contributed by atoms with E-state index in [2.05, 4.69) is 16.9 Å². The van der Waals surface area contributed by atoms with Crippen LogP contribution in [0.15, 0.2) is 12.5 Å². The summed E-state index contributed by atoms with van der Waals surface area (Å²) in [4.78, 5) is 21.0. The van der Waals surface area contributed by atoms with Crippen LogP contribution in [0, 0.1) is 5.92 Å². The van der Waals surface area contributed by atoms with Crippen molar-refractivity contribution < 1.29 is 14.6 Å². The van der Waals surface area contributed by atoms with Crippen LogP contribution in [0.5, 0.6) is 0 Å². The van der Waals surface area contributed by atoms with E-state index in [0.717, 1.165) is 39.1 Å². The molecule has 0 saturated carbocycles. The summed E-state index contributed by atoms with van der Waals surface area (Å²) in [6, 6.07) is 0. The molecule has 2 rings (SSSR count). The van der Waals surface area contributed by atoms with Crippen LogP contribution in [0.1, 0.15) is 30.1 Å². The third kappa shape index (κ3) is 3.41. The molecule has 1 aliphatic heterocycles. The third-order valence-electron chi connectivity index (χ3n) is 3.21. The van der Waals surface area contributed by atoms with Crippen molar-refractivity contribution in [3.63, 3.8) is 0 Å². The number of aromatic nitrogens is 2. The molecule has 0 spiro atoms. The first kappa shape index (κ1) is 13.7. The molecule has 1 aromatic rings. The second kappa shape index (κ2) is 6.47. The Morgan fingerprint density at radius 2 is 2.47 bits per heavy atom. The highest BCUT2D eigenvalue weighted by Crippen LogP contribution is 2.24. The third-order valence-corrected chi connectivity index (χ3v) is 3.21. The molecule has 0 aromatic carbocycles. The molecule has 1 saturated heterocycles. The van der Waals surface area contributed by atoms with E-state index in [1.165, 1.54) is 12.5 Å². The lowest BCUT2D eigenvalue weighted by molar-refractivity contribution is 0.0696. The highest BCUT2D eigenvalue weighted by Gasteiger charge is 2.26. The lowest BCUT2D eigenvalue weighted by atomic mass is 10.1. The summed E-state index contributed by atoms with van der Waals surface area (Å²) in [6.45, 7) is 5.21. The van der Waals surface area contributed by atoms with Crippen LogP contribution in [0.25, 0.3) is 0 Å². The Bertz CT molecular complexity index is 439. The van der Waals surface area contributed by atoms with Crippen LogP contribution >= 0.6 is 0 Å². The Labute approximate surface area is 112 Å². The molecule has 0 unspecified atom stereocenters. The standard InChI is InChI=1S/C13H19N3O3/c1-2-5-19-8-10-3-4-16(7-10)12-11(13(17)18)6-14-9-15-12/h6,9-10H,2-5,7-8H2,1H3,(H,17,18)/t10-/m1/s1. The van der Waals surface area contributed by atoms with Gasteiger partial charge in [-0.15, -0.1) is 0 Å². The maximum atomic E-state index is 11.1. The second-order valence-electron chi connectivity index (χ2n) is 4.74. The molecule has 1 fully saturated rings. The predicted octanol–water partition coefficient (Wildman–Crippen LogP) is 1.43. The average Bonchev–Trinajstić information content (AvgIpc) is 2.88. The van der Waals surface area contributed by atoms with Gasteiger partial charge in [-0.25, -0.2) is 14.8 Å². The fraction of sp³-hybridized carbons (Fsp3) is 0.615. The van der Waals surface area contributed by atoms with Gasteiger partial charge in [0.25, 0.3) is 0 Å². The van der Waals surface area contributed by atoms with E-state index >= 15 is 0 Å². The van der Waals surface area contributed by atoms with Crippen molar-refractivity contribution >= 4 is 11.8 Å². The van der Waals surface area contributed by atoms with Crippen molar-refractivity contribution in [2.75, 3.05) is 31.2 Å². The Morgan fingerprint density at radius 1 is 1.63 bits per heavy atom. The van der Waals surface area contributed by atoms with Gasteiger partial charge in [-0.05, 0) is 12.8 Å². The molecule has 19 heavy (non-hydrogen) atoms. The molecule has 6 heteroatoms. The highest BCUT2D eigenvalue weighted by molar-refractivity contribution is 5.92. The molecular formula is C13H19N3O3. The van der Waals surface area contributed by atoms with Gasteiger partial charge >= 0.3 is 5.97 Å². The lowest BCUT2D eigenvalue weighted by Gasteiger charge is -2.18. The number of carboxylic acids is 1. The highest BCUT2D eigenvalue weighted by atomic mass is 16.5. The number of anilines is 1. The van der Waals surface area contributed by atoms with E-state index in [1.54, 1.807) is 0 Å². The number of carboxylic acid groups (broad SMARTS) is 1. The summed E-state index contributed by atoms with van der Waals surface area (Å²) >= 11 is 0. The zero-order chi connectivity index (χ0) is 13.7. The predicted molar refractivity (Wildman–Crippen MR) is 70.4 cm³/mol. The van der Waals surface area contributed by atoms with Gasteiger partial charge in [0.1, 0.15) is 17.7 Å². The summed E-state index contributed by atoms with van der Waals surface area (Å²) in [5.74, 6) is -0.0232. The van der Waals surface area contributed by atoms with E-state index in [0.29, 0.717) is 11.7 Å². The first-order chi connectivity index (χ1) is 9.22. The molecule has 2 heterocycles. The van der Waals surface area contributed by atoms with Crippen molar-refractivity contribution in [3.05, 3.63) is 18.1 Å². The first-order valence-electron chi connectivity index (χ1n) is 6.58. The molecule has 1 aliphatic rings. The summed E-state index contributed by atoms with van der Waals surface area (Å²) < 4.78 is 5.55. The molecule has 0 bridgehead atoms. The van der Waals surface area contributed by atoms with Gasteiger partial charge in [-0.2, -0.15) is 0 Å². The van der Waals surface area contributed by atoms with Gasteiger partial charge in [0, 0.05) is 31.8 Å². The zero-order valence-electron chi connectivity index (χ0n) is 11.1. The quantitative estimate of drug-likeness (QED) is 0.784. The van der Waals surface area contributed by atoms with Gasteiger partial charge in [-0.3, -0.25) is 0 Å². The average molecular weight is 265 g/mol. The molecule has 0 amide bonds. The summed E-state index contributed by atoms with van der Waals surface area (Å²) in [5, 5.41) is 9.13. The summed E-state index contributed by atoms with van der Waals surface area (Å²) in [7, 11) is 0. The number of nitrogens with zero attached hydrogens (tertiary/aromatic N) is 3. The zero-order valence-corrected chi connectivity index (χ0v) is 11.1. The van der Waals surface area contributed by atoms with Crippen LogP contribution in [-0.2, 0) is 4.74 Å². The minimum Gasteiger partial charge on any atom is -0.477 e.